The highest BCUT2D eigenvalue weighted by molar-refractivity contribution is 6.00. The molecule has 268 valence electrons. The summed E-state index contributed by atoms with van der Waals surface area (Å²) in [7, 11) is 0. The number of primary amides is 1. The molecule has 0 heterocycles. The van der Waals surface area contributed by atoms with E-state index in [1.54, 1.807) is 36.4 Å². The molecular weight excluding hydrogens is 678 g/mol. The first kappa shape index (κ1) is 40.1. The van der Waals surface area contributed by atoms with Crippen molar-refractivity contribution in [2.24, 2.45) is 5.73 Å². The molecule has 1 amide bonds. The van der Waals surface area contributed by atoms with E-state index in [2.05, 4.69) is 4.85 Å². The Kier molecular flexibility index (Phi) is 12.0. The fraction of sp³-hybridized carbons (Fsp3) is 0.263. The lowest BCUT2D eigenvalue weighted by atomic mass is 9.87. The summed E-state index contributed by atoms with van der Waals surface area (Å²) in [6, 6.07) is 16.8. The Bertz CT molecular complexity index is 1990. The van der Waals surface area contributed by atoms with E-state index in [9.17, 15) is 50.9 Å². The lowest BCUT2D eigenvalue weighted by molar-refractivity contribution is -0.259. The Balaban J connectivity index is 0.000000276. The van der Waals surface area contributed by atoms with Crippen molar-refractivity contribution in [3.05, 3.63) is 123 Å². The maximum Gasteiger partial charge on any atom is 0.421 e. The Morgan fingerprint density at radius 2 is 1.08 bits per heavy atom. The number of benzene rings is 4. The molecule has 0 aliphatic carbocycles. The highest BCUT2D eigenvalue weighted by Gasteiger charge is 2.52. The van der Waals surface area contributed by atoms with Gasteiger partial charge >= 0.3 is 12.4 Å². The number of aryl methyl sites for hydroxylation is 2. The summed E-state index contributed by atoms with van der Waals surface area (Å²) < 4.78 is 78.3. The van der Waals surface area contributed by atoms with Crippen molar-refractivity contribution >= 4 is 24.2 Å². The Morgan fingerprint density at radius 3 is 1.45 bits per heavy atom. The summed E-state index contributed by atoms with van der Waals surface area (Å²) in [6.45, 7) is 12.3. The normalized spacial score (nSPS) is 13.9. The number of nitrogens with zero attached hydrogens (tertiary/aromatic N) is 1. The summed E-state index contributed by atoms with van der Waals surface area (Å²) in [5.41, 5.74) is 2.76. The zero-order chi connectivity index (χ0) is 38.5. The number of aldehydes is 2. The number of nitrogens with two attached hydrogens (primary N) is 1. The number of hydrogen-bond acceptors (Lipinski definition) is 5. The molecule has 2 unspecified atom stereocenters. The second-order valence-corrected chi connectivity index (χ2v) is 11.9. The number of rotatable bonds is 9. The average Bonchev–Trinajstić information content (AvgIpc) is 3.09. The Morgan fingerprint density at radius 1 is 0.686 bits per heavy atom. The monoisotopic (exact) mass is 712 g/mol. The van der Waals surface area contributed by atoms with Gasteiger partial charge in [-0.3, -0.25) is 14.4 Å². The van der Waals surface area contributed by atoms with Crippen molar-refractivity contribution in [2.75, 3.05) is 0 Å². The van der Waals surface area contributed by atoms with Gasteiger partial charge in [-0.2, -0.15) is 26.3 Å². The van der Waals surface area contributed by atoms with E-state index in [0.29, 0.717) is 72.6 Å². The van der Waals surface area contributed by atoms with Crippen LogP contribution in [0.4, 0.5) is 32.0 Å². The van der Waals surface area contributed by atoms with E-state index in [-0.39, 0.29) is 11.3 Å². The number of alkyl halides is 6. The van der Waals surface area contributed by atoms with Crippen LogP contribution in [0, 0.1) is 6.57 Å². The quantitative estimate of drug-likeness (QED) is 0.0911. The smallest absolute Gasteiger partial charge is 0.377 e. The standard InChI is InChI=1S/C19H18F3NO3.C19H16F3NO2/c1-3-12-8-11(10-24)4-6-14(12)15-7-5-13(9-16(15)17(23)25)18(2,26)19(20,21)22;1-4-13-9-12(11-24)5-7-15(13)16-8-6-14(10-17(16)23-3)18(2,25)19(20,21)22/h4-10,26H,3H2,1-2H3,(H2,23,25);5-11,25H,4H2,1-2H3. The van der Waals surface area contributed by atoms with Crippen LogP contribution < -0.4 is 5.73 Å². The molecule has 4 aromatic carbocycles. The van der Waals surface area contributed by atoms with Crippen molar-refractivity contribution in [1.29, 1.82) is 0 Å². The molecule has 0 fully saturated rings. The molecular formula is C38H34F6N2O5. The van der Waals surface area contributed by atoms with Gasteiger partial charge in [0.1, 0.15) is 12.6 Å². The van der Waals surface area contributed by atoms with E-state index in [0.717, 1.165) is 29.3 Å². The molecule has 4 N–H and O–H groups in total. The van der Waals surface area contributed by atoms with Gasteiger partial charge in [-0.15, -0.1) is 0 Å². The number of carbonyl (C=O) groups is 3. The SMILES string of the molecule is CCc1cc(C=O)ccc1-c1ccc(C(C)(O)C(F)(F)F)cc1C(N)=O.[C-]#[N+]c1cc(C(C)(O)C(F)(F)F)ccc1-c1ccc(C=O)cc1CC. The van der Waals surface area contributed by atoms with Crippen molar-refractivity contribution in [1.82, 2.24) is 0 Å². The molecule has 4 rings (SSSR count). The minimum absolute atomic E-state index is 0.00979. The zero-order valence-electron chi connectivity index (χ0n) is 27.9. The summed E-state index contributed by atoms with van der Waals surface area (Å²) in [4.78, 5) is 37.0. The predicted molar refractivity (Wildman–Crippen MR) is 179 cm³/mol. The molecule has 7 nitrogen and oxygen atoms in total. The number of hydrogen-bond donors (Lipinski definition) is 3. The van der Waals surface area contributed by atoms with Crippen LogP contribution in [0.3, 0.4) is 0 Å². The number of carbonyl (C=O) groups excluding carboxylic acids is 3. The molecule has 0 saturated carbocycles. The third-order valence-electron chi connectivity index (χ3n) is 8.50. The molecule has 0 aliphatic heterocycles. The predicted octanol–water partition coefficient (Wildman–Crippen LogP) is 8.65. The first-order valence-corrected chi connectivity index (χ1v) is 15.4. The van der Waals surface area contributed by atoms with Gasteiger partial charge in [-0.1, -0.05) is 62.4 Å². The van der Waals surface area contributed by atoms with Gasteiger partial charge in [-0.25, -0.2) is 4.85 Å². The zero-order valence-corrected chi connectivity index (χ0v) is 27.9. The summed E-state index contributed by atoms with van der Waals surface area (Å²) >= 11 is 0. The molecule has 0 aromatic heterocycles. The van der Waals surface area contributed by atoms with Crippen LogP contribution in [-0.4, -0.2) is 41.0 Å². The van der Waals surface area contributed by atoms with Crippen LogP contribution in [0.25, 0.3) is 27.1 Å². The maximum atomic E-state index is 13.1. The average molecular weight is 713 g/mol. The van der Waals surface area contributed by atoms with Gasteiger partial charge in [0.25, 0.3) is 0 Å². The van der Waals surface area contributed by atoms with Crippen LogP contribution in [0.1, 0.15) is 81.0 Å². The van der Waals surface area contributed by atoms with Crippen molar-refractivity contribution in [3.63, 3.8) is 0 Å². The van der Waals surface area contributed by atoms with Crippen molar-refractivity contribution in [3.8, 4) is 22.3 Å². The minimum atomic E-state index is -4.91. The van der Waals surface area contributed by atoms with Crippen LogP contribution in [0.2, 0.25) is 0 Å². The molecule has 0 radical (unpaired) electrons. The number of amides is 1. The number of halogens is 6. The third kappa shape index (κ3) is 8.36. The van der Waals surface area contributed by atoms with E-state index in [1.165, 1.54) is 18.2 Å². The lowest BCUT2D eigenvalue weighted by Crippen LogP contribution is -2.39. The van der Waals surface area contributed by atoms with Crippen LogP contribution >= 0.6 is 0 Å². The van der Waals surface area contributed by atoms with Gasteiger partial charge in [0.15, 0.2) is 16.9 Å². The maximum absolute atomic E-state index is 13.1. The first-order valence-electron chi connectivity index (χ1n) is 15.4. The minimum Gasteiger partial charge on any atom is -0.377 e. The fourth-order valence-electron chi connectivity index (χ4n) is 5.25. The summed E-state index contributed by atoms with van der Waals surface area (Å²) in [6.07, 6.45) is -7.24. The topological polar surface area (TPSA) is 122 Å². The first-order chi connectivity index (χ1) is 23.7. The summed E-state index contributed by atoms with van der Waals surface area (Å²) in [5.74, 6) is -0.915. The van der Waals surface area contributed by atoms with Gasteiger partial charge < -0.3 is 15.9 Å². The van der Waals surface area contributed by atoms with E-state index in [1.807, 2.05) is 13.8 Å². The van der Waals surface area contributed by atoms with Crippen LogP contribution in [0.15, 0.2) is 72.8 Å². The van der Waals surface area contributed by atoms with E-state index >= 15 is 0 Å². The fourth-order valence-corrected chi connectivity index (χ4v) is 5.25. The van der Waals surface area contributed by atoms with Crippen LogP contribution in [-0.2, 0) is 24.0 Å². The molecule has 0 spiro atoms. The molecule has 0 bridgehead atoms. The lowest BCUT2D eigenvalue weighted by Gasteiger charge is -2.27. The molecule has 0 aliphatic rings. The Labute approximate surface area is 290 Å². The van der Waals surface area contributed by atoms with Gasteiger partial charge in [-0.05, 0) is 95.5 Å². The van der Waals surface area contributed by atoms with Gasteiger partial charge in [0, 0.05) is 16.7 Å². The third-order valence-corrected chi connectivity index (χ3v) is 8.50. The van der Waals surface area contributed by atoms with Crippen molar-refractivity contribution < 1.29 is 50.9 Å². The van der Waals surface area contributed by atoms with Crippen molar-refractivity contribution in [2.45, 2.75) is 64.1 Å². The molecule has 0 saturated heterocycles. The largest absolute Gasteiger partial charge is 0.421 e. The summed E-state index contributed by atoms with van der Waals surface area (Å²) in [5, 5.41) is 19.6. The highest BCUT2D eigenvalue weighted by atomic mass is 19.4. The van der Waals surface area contributed by atoms with Crippen LogP contribution in [0.5, 0.6) is 0 Å². The second kappa shape index (κ2) is 15.3. The Hall–Kier alpha value is -5.32. The highest BCUT2D eigenvalue weighted by Crippen LogP contribution is 2.43. The molecule has 4 aromatic rings. The number of aliphatic hydroxyl groups is 2. The van der Waals surface area contributed by atoms with Gasteiger partial charge in [0.2, 0.25) is 5.91 Å². The van der Waals surface area contributed by atoms with E-state index in [4.69, 9.17) is 12.3 Å². The molecule has 2 atom stereocenters. The molecule has 51 heavy (non-hydrogen) atoms. The van der Waals surface area contributed by atoms with Gasteiger partial charge in [0.05, 0.1) is 6.57 Å². The second-order valence-electron chi connectivity index (χ2n) is 11.9. The molecule has 13 heteroatoms. The van der Waals surface area contributed by atoms with E-state index < -0.39 is 40.6 Å².